The number of nitro groups is 1. The van der Waals surface area contributed by atoms with Gasteiger partial charge in [-0.15, -0.1) is 0 Å². The average molecular weight is 537 g/mol. The van der Waals surface area contributed by atoms with Crippen LogP contribution < -0.4 is 29.0 Å². The molecular formula is C28H28N2O9. The fraction of sp³-hybridized carbons (Fsp3) is 0.179. The first-order valence-corrected chi connectivity index (χ1v) is 11.5. The Morgan fingerprint density at radius 2 is 1.41 bits per heavy atom. The molecule has 39 heavy (non-hydrogen) atoms. The Labute approximate surface area is 225 Å². The Morgan fingerprint density at radius 1 is 0.795 bits per heavy atom. The maximum absolute atomic E-state index is 12.8. The van der Waals surface area contributed by atoms with Crippen molar-refractivity contribution in [3.8, 4) is 34.5 Å². The van der Waals surface area contributed by atoms with Gasteiger partial charge in [-0.25, -0.2) is 0 Å². The molecule has 2 N–H and O–H groups in total. The summed E-state index contributed by atoms with van der Waals surface area (Å²) in [7, 11) is 7.26. The van der Waals surface area contributed by atoms with Gasteiger partial charge in [-0.3, -0.25) is 14.9 Å². The second-order valence-corrected chi connectivity index (χ2v) is 7.88. The number of nitrogens with zero attached hydrogens (tertiary/aromatic N) is 1. The van der Waals surface area contributed by atoms with E-state index in [0.29, 0.717) is 33.9 Å². The molecule has 0 aliphatic rings. The molecule has 0 radical (unpaired) electrons. The number of carbonyl (C=O) groups excluding carboxylic acids is 1. The van der Waals surface area contributed by atoms with E-state index in [9.17, 15) is 20.0 Å². The van der Waals surface area contributed by atoms with Crippen LogP contribution in [-0.4, -0.2) is 51.5 Å². The average Bonchev–Trinajstić information content (AvgIpc) is 2.95. The first-order chi connectivity index (χ1) is 18.8. The second-order valence-electron chi connectivity index (χ2n) is 7.88. The fourth-order valence-corrected chi connectivity index (χ4v) is 3.70. The van der Waals surface area contributed by atoms with Crippen LogP contribution in [0.25, 0.3) is 18.2 Å². The number of methoxy groups -OCH3 is 5. The highest BCUT2D eigenvalue weighted by molar-refractivity contribution is 6.04. The number of ether oxygens (including phenoxy) is 5. The lowest BCUT2D eigenvalue weighted by atomic mass is 10.1. The smallest absolute Gasteiger partial charge is 0.311 e. The van der Waals surface area contributed by atoms with Crippen LogP contribution in [0.3, 0.4) is 0 Å². The molecule has 0 saturated carbocycles. The van der Waals surface area contributed by atoms with Gasteiger partial charge in [0.1, 0.15) is 0 Å². The molecule has 0 fully saturated rings. The summed E-state index contributed by atoms with van der Waals surface area (Å²) in [5.41, 5.74) is 1.47. The topological polar surface area (TPSA) is 139 Å². The van der Waals surface area contributed by atoms with Gasteiger partial charge in [0.05, 0.1) is 46.2 Å². The quantitative estimate of drug-likeness (QED) is 0.112. The van der Waals surface area contributed by atoms with Crippen LogP contribution in [0.15, 0.2) is 48.5 Å². The zero-order valence-electron chi connectivity index (χ0n) is 22.0. The van der Waals surface area contributed by atoms with E-state index in [4.69, 9.17) is 23.7 Å². The molecule has 1 amide bonds. The number of phenols is 1. The van der Waals surface area contributed by atoms with Crippen LogP contribution in [-0.2, 0) is 4.79 Å². The molecule has 0 bridgehead atoms. The zero-order valence-corrected chi connectivity index (χ0v) is 22.0. The Kier molecular flexibility index (Phi) is 9.36. The molecule has 0 atom stereocenters. The van der Waals surface area contributed by atoms with Gasteiger partial charge in [0, 0.05) is 17.7 Å². The number of phenolic OH excluding ortho intramolecular Hbond substituents is 1. The minimum Gasteiger partial charge on any atom is -0.503 e. The van der Waals surface area contributed by atoms with Crippen molar-refractivity contribution >= 4 is 35.5 Å². The molecule has 0 spiro atoms. The molecule has 11 nitrogen and oxygen atoms in total. The fourth-order valence-electron chi connectivity index (χ4n) is 3.70. The molecule has 0 heterocycles. The highest BCUT2D eigenvalue weighted by atomic mass is 16.6. The predicted molar refractivity (Wildman–Crippen MR) is 147 cm³/mol. The molecule has 204 valence electrons. The Morgan fingerprint density at radius 3 is 1.97 bits per heavy atom. The number of nitrogens with one attached hydrogen (secondary N) is 1. The second kappa shape index (κ2) is 12.9. The van der Waals surface area contributed by atoms with Gasteiger partial charge in [0.15, 0.2) is 28.7 Å². The van der Waals surface area contributed by atoms with E-state index in [0.717, 1.165) is 0 Å². The SMILES string of the molecule is COc1ccc(/C=C/C(=O)Nc2c(/C=C/c3cc(OC)c(OC)c(OC)c3)ccc(OC)c2O)cc1[N+](=O)[O-]. The lowest BCUT2D eigenvalue weighted by Crippen LogP contribution is -2.09. The van der Waals surface area contributed by atoms with Gasteiger partial charge < -0.3 is 34.1 Å². The summed E-state index contributed by atoms with van der Waals surface area (Å²) < 4.78 is 26.3. The number of amides is 1. The van der Waals surface area contributed by atoms with Crippen LogP contribution in [0.4, 0.5) is 11.4 Å². The molecule has 0 aliphatic carbocycles. The van der Waals surface area contributed by atoms with E-state index >= 15 is 0 Å². The van der Waals surface area contributed by atoms with E-state index in [-0.39, 0.29) is 28.6 Å². The highest BCUT2D eigenvalue weighted by Crippen LogP contribution is 2.40. The number of nitro benzene ring substituents is 1. The van der Waals surface area contributed by atoms with Gasteiger partial charge in [0.25, 0.3) is 0 Å². The van der Waals surface area contributed by atoms with E-state index in [1.807, 2.05) is 0 Å². The minimum atomic E-state index is -0.584. The van der Waals surface area contributed by atoms with Gasteiger partial charge >= 0.3 is 5.69 Å². The van der Waals surface area contributed by atoms with Crippen molar-refractivity contribution in [1.29, 1.82) is 0 Å². The lowest BCUT2D eigenvalue weighted by molar-refractivity contribution is -0.385. The first-order valence-electron chi connectivity index (χ1n) is 11.5. The maximum atomic E-state index is 12.8. The molecule has 0 aromatic heterocycles. The summed E-state index contributed by atoms with van der Waals surface area (Å²) in [6.45, 7) is 0. The van der Waals surface area contributed by atoms with Gasteiger partial charge in [-0.1, -0.05) is 18.2 Å². The molecule has 0 saturated heterocycles. The Hall–Kier alpha value is -5.19. The van der Waals surface area contributed by atoms with Crippen LogP contribution in [0.1, 0.15) is 16.7 Å². The summed E-state index contributed by atoms with van der Waals surface area (Å²) in [5, 5.41) is 24.7. The maximum Gasteiger partial charge on any atom is 0.311 e. The Balaban J connectivity index is 1.92. The number of hydrogen-bond acceptors (Lipinski definition) is 9. The van der Waals surface area contributed by atoms with Crippen molar-refractivity contribution in [2.24, 2.45) is 0 Å². The summed E-state index contributed by atoms with van der Waals surface area (Å²) in [5.74, 6) is 0.779. The minimum absolute atomic E-state index is 0.103. The zero-order chi connectivity index (χ0) is 28.5. The lowest BCUT2D eigenvalue weighted by Gasteiger charge is -2.14. The van der Waals surface area contributed by atoms with E-state index in [2.05, 4.69) is 5.32 Å². The van der Waals surface area contributed by atoms with Crippen molar-refractivity contribution < 1.29 is 38.5 Å². The van der Waals surface area contributed by atoms with Crippen LogP contribution >= 0.6 is 0 Å². The van der Waals surface area contributed by atoms with Crippen molar-refractivity contribution in [2.75, 3.05) is 40.9 Å². The van der Waals surface area contributed by atoms with Crippen molar-refractivity contribution in [3.05, 3.63) is 75.3 Å². The summed E-state index contributed by atoms with van der Waals surface area (Å²) in [4.78, 5) is 23.5. The largest absolute Gasteiger partial charge is 0.503 e. The summed E-state index contributed by atoms with van der Waals surface area (Å²) >= 11 is 0. The molecule has 11 heteroatoms. The third kappa shape index (κ3) is 6.58. The predicted octanol–water partition coefficient (Wildman–Crippen LogP) is 5.17. The third-order valence-electron chi connectivity index (χ3n) is 5.61. The van der Waals surface area contributed by atoms with Crippen molar-refractivity contribution in [3.63, 3.8) is 0 Å². The van der Waals surface area contributed by atoms with E-state index in [1.54, 1.807) is 42.5 Å². The van der Waals surface area contributed by atoms with Crippen molar-refractivity contribution in [1.82, 2.24) is 0 Å². The molecule has 3 rings (SSSR count). The van der Waals surface area contributed by atoms with Crippen molar-refractivity contribution in [2.45, 2.75) is 0 Å². The molecular weight excluding hydrogens is 508 g/mol. The first kappa shape index (κ1) is 28.4. The normalized spacial score (nSPS) is 10.9. The molecule has 0 aliphatic heterocycles. The summed E-state index contributed by atoms with van der Waals surface area (Å²) in [6.07, 6.45) is 6.03. The number of hydrogen-bond donors (Lipinski definition) is 2. The molecule has 3 aromatic carbocycles. The molecule has 0 unspecified atom stereocenters. The summed E-state index contributed by atoms with van der Waals surface area (Å²) in [6, 6.07) is 11.0. The Bertz CT molecular complexity index is 1410. The highest BCUT2D eigenvalue weighted by Gasteiger charge is 2.16. The number of aromatic hydroxyl groups is 1. The number of carbonyl (C=O) groups is 1. The third-order valence-corrected chi connectivity index (χ3v) is 5.61. The van der Waals surface area contributed by atoms with Crippen LogP contribution in [0, 0.1) is 10.1 Å². The number of benzene rings is 3. The van der Waals surface area contributed by atoms with Crippen LogP contribution in [0.2, 0.25) is 0 Å². The standard InChI is InChI=1S/C28H28N2O9/c1-35-21-11-7-17(14-20(21)30(33)34)8-13-25(31)29-26-19(10-12-22(36-2)27(26)32)9-6-18-15-23(37-3)28(39-5)24(16-18)38-4/h6-16,32H,1-5H3,(H,29,31)/b9-6+,13-8+. The van der Waals surface area contributed by atoms with Gasteiger partial charge in [-0.2, -0.15) is 0 Å². The monoisotopic (exact) mass is 536 g/mol. The van der Waals surface area contributed by atoms with Gasteiger partial charge in [0.2, 0.25) is 11.7 Å². The van der Waals surface area contributed by atoms with Gasteiger partial charge in [-0.05, 0) is 47.5 Å². The number of anilines is 1. The molecule has 3 aromatic rings. The van der Waals surface area contributed by atoms with E-state index in [1.165, 1.54) is 59.8 Å². The number of rotatable bonds is 11. The van der Waals surface area contributed by atoms with Crippen LogP contribution in [0.5, 0.6) is 34.5 Å². The van der Waals surface area contributed by atoms with E-state index < -0.39 is 10.8 Å².